The van der Waals surface area contributed by atoms with Gasteiger partial charge in [-0.2, -0.15) is 0 Å². The maximum absolute atomic E-state index is 12.6. The number of anilines is 2. The van der Waals surface area contributed by atoms with Crippen LogP contribution in [0.2, 0.25) is 0 Å². The molecule has 1 saturated heterocycles. The van der Waals surface area contributed by atoms with Crippen LogP contribution in [0.3, 0.4) is 0 Å². The Morgan fingerprint density at radius 2 is 1.77 bits per heavy atom. The molecule has 0 aromatic heterocycles. The molecule has 1 aromatic carbocycles. The summed E-state index contributed by atoms with van der Waals surface area (Å²) in [5.41, 5.74) is 2.67. The van der Waals surface area contributed by atoms with Gasteiger partial charge in [-0.25, -0.2) is 0 Å². The minimum absolute atomic E-state index is 0.162. The first-order chi connectivity index (χ1) is 12.4. The lowest BCUT2D eigenvalue weighted by Gasteiger charge is -2.18. The quantitative estimate of drug-likeness (QED) is 0.662. The summed E-state index contributed by atoms with van der Waals surface area (Å²) in [6, 6.07) is 5.74. The number of carbonyl (C=O) groups excluding carboxylic acids is 3. The zero-order valence-electron chi connectivity index (χ0n) is 15.2. The minimum atomic E-state index is -0.340. The van der Waals surface area contributed by atoms with Gasteiger partial charge in [0.2, 0.25) is 17.7 Å². The highest BCUT2D eigenvalue weighted by atomic mass is 16.2. The lowest BCUT2D eigenvalue weighted by Crippen LogP contribution is -2.39. The number of fused-ring (bicyclic) bond motifs is 5. The fraction of sp³-hybridized carbons (Fsp3) is 0.450. The van der Waals surface area contributed by atoms with Crippen LogP contribution in [0.5, 0.6) is 0 Å². The van der Waals surface area contributed by atoms with Gasteiger partial charge in [-0.05, 0) is 48.9 Å². The molecule has 0 radical (unpaired) electrons. The Hall–Kier alpha value is -2.63. The molecule has 4 rings (SSSR count). The standard InChI is InChI=1S/C20H23N3O3/c1-11-8-14(22(2)3)6-7-15(11)21-16(24)10-23-19(25)17-12-4-5-13(9-12)18(17)20(23)26/h4-8,12-13,17-18H,9-10H2,1-3H3,(H,21,24)/t12-,13-,17-,18-/m0/s1. The molecule has 1 aliphatic heterocycles. The average molecular weight is 353 g/mol. The molecule has 0 spiro atoms. The number of nitrogens with zero attached hydrogens (tertiary/aromatic N) is 2. The summed E-state index contributed by atoms with van der Waals surface area (Å²) in [7, 11) is 3.91. The minimum Gasteiger partial charge on any atom is -0.378 e. The van der Waals surface area contributed by atoms with Crippen molar-refractivity contribution in [2.75, 3.05) is 30.9 Å². The smallest absolute Gasteiger partial charge is 0.244 e. The monoisotopic (exact) mass is 353 g/mol. The predicted molar refractivity (Wildman–Crippen MR) is 98.6 cm³/mol. The van der Waals surface area contributed by atoms with E-state index < -0.39 is 0 Å². The Bertz CT molecular complexity index is 800. The third-order valence-electron chi connectivity index (χ3n) is 5.86. The Labute approximate surface area is 152 Å². The number of imide groups is 1. The topological polar surface area (TPSA) is 69.7 Å². The maximum atomic E-state index is 12.6. The lowest BCUT2D eigenvalue weighted by atomic mass is 9.85. The maximum Gasteiger partial charge on any atom is 0.244 e. The third-order valence-corrected chi connectivity index (χ3v) is 5.86. The number of aryl methyl sites for hydroxylation is 1. The number of amides is 3. The fourth-order valence-electron chi connectivity index (χ4n) is 4.52. The Morgan fingerprint density at radius 3 is 2.31 bits per heavy atom. The molecule has 136 valence electrons. The number of hydrogen-bond donors (Lipinski definition) is 1. The molecule has 3 aliphatic rings. The van der Waals surface area contributed by atoms with E-state index in [2.05, 4.69) is 17.5 Å². The molecule has 4 atom stereocenters. The van der Waals surface area contributed by atoms with Crippen molar-refractivity contribution in [3.8, 4) is 0 Å². The molecule has 2 aliphatic carbocycles. The van der Waals surface area contributed by atoms with Gasteiger partial charge in [0, 0.05) is 25.5 Å². The summed E-state index contributed by atoms with van der Waals surface area (Å²) >= 11 is 0. The molecule has 26 heavy (non-hydrogen) atoms. The second kappa shape index (κ2) is 5.97. The number of hydrogen-bond acceptors (Lipinski definition) is 4. The number of benzene rings is 1. The lowest BCUT2D eigenvalue weighted by molar-refractivity contribution is -0.143. The summed E-state index contributed by atoms with van der Waals surface area (Å²) in [6.07, 6.45) is 5.00. The summed E-state index contributed by atoms with van der Waals surface area (Å²) in [5.74, 6) is -0.908. The van der Waals surface area contributed by atoms with E-state index in [-0.39, 0.29) is 47.9 Å². The molecule has 2 fully saturated rings. The number of rotatable bonds is 4. The molecule has 1 saturated carbocycles. The summed E-state index contributed by atoms with van der Waals surface area (Å²) in [5, 5.41) is 2.83. The Balaban J connectivity index is 1.45. The van der Waals surface area contributed by atoms with Gasteiger partial charge in [0.1, 0.15) is 6.54 Å². The van der Waals surface area contributed by atoms with E-state index in [1.54, 1.807) is 0 Å². The highest BCUT2D eigenvalue weighted by Gasteiger charge is 2.59. The van der Waals surface area contributed by atoms with E-state index in [1.807, 2.05) is 44.1 Å². The van der Waals surface area contributed by atoms with Crippen molar-refractivity contribution in [3.63, 3.8) is 0 Å². The summed E-state index contributed by atoms with van der Waals surface area (Å²) < 4.78 is 0. The first-order valence-electron chi connectivity index (χ1n) is 8.98. The molecule has 1 heterocycles. The van der Waals surface area contributed by atoms with Crippen LogP contribution in [0.15, 0.2) is 30.4 Å². The van der Waals surface area contributed by atoms with Gasteiger partial charge >= 0.3 is 0 Å². The van der Waals surface area contributed by atoms with Crippen molar-refractivity contribution in [2.45, 2.75) is 13.3 Å². The predicted octanol–water partition coefficient (Wildman–Crippen LogP) is 1.81. The largest absolute Gasteiger partial charge is 0.378 e. The normalized spacial score (nSPS) is 28.7. The molecule has 0 unspecified atom stereocenters. The molecule has 1 aromatic rings. The van der Waals surface area contributed by atoms with Crippen LogP contribution in [-0.4, -0.2) is 43.3 Å². The average Bonchev–Trinajstić information content (AvgIpc) is 3.26. The highest BCUT2D eigenvalue weighted by molar-refractivity contribution is 6.09. The molecule has 2 bridgehead atoms. The van der Waals surface area contributed by atoms with E-state index in [4.69, 9.17) is 0 Å². The zero-order chi connectivity index (χ0) is 18.6. The van der Waals surface area contributed by atoms with Crippen molar-refractivity contribution >= 4 is 29.1 Å². The van der Waals surface area contributed by atoms with E-state index in [0.29, 0.717) is 5.69 Å². The van der Waals surface area contributed by atoms with Crippen LogP contribution in [0, 0.1) is 30.6 Å². The Kier molecular flexibility index (Phi) is 3.86. The molecule has 6 nitrogen and oxygen atoms in total. The van der Waals surface area contributed by atoms with E-state index >= 15 is 0 Å². The SMILES string of the molecule is Cc1cc(N(C)C)ccc1NC(=O)CN1C(=O)[C@@H]2[C@@H](C1=O)[C@H]1C=C[C@H]2C1. The molecular formula is C20H23N3O3. The second-order valence-electron chi connectivity index (χ2n) is 7.70. The van der Waals surface area contributed by atoms with Crippen LogP contribution in [-0.2, 0) is 14.4 Å². The number of allylic oxidation sites excluding steroid dienone is 2. The number of nitrogens with one attached hydrogen (secondary N) is 1. The summed E-state index contributed by atoms with van der Waals surface area (Å²) in [4.78, 5) is 40.9. The second-order valence-corrected chi connectivity index (χ2v) is 7.70. The first-order valence-corrected chi connectivity index (χ1v) is 8.98. The molecular weight excluding hydrogens is 330 g/mol. The van der Waals surface area contributed by atoms with Gasteiger partial charge in [0.05, 0.1) is 11.8 Å². The molecule has 1 N–H and O–H groups in total. The van der Waals surface area contributed by atoms with Crippen LogP contribution in [0.4, 0.5) is 11.4 Å². The van der Waals surface area contributed by atoms with E-state index in [1.165, 1.54) is 0 Å². The number of carbonyl (C=O) groups is 3. The summed E-state index contributed by atoms with van der Waals surface area (Å²) in [6.45, 7) is 1.71. The van der Waals surface area contributed by atoms with E-state index in [9.17, 15) is 14.4 Å². The fourth-order valence-corrected chi connectivity index (χ4v) is 4.52. The highest BCUT2D eigenvalue weighted by Crippen LogP contribution is 2.52. The van der Waals surface area contributed by atoms with Gasteiger partial charge in [0.15, 0.2) is 0 Å². The van der Waals surface area contributed by atoms with Gasteiger partial charge in [-0.15, -0.1) is 0 Å². The van der Waals surface area contributed by atoms with E-state index in [0.717, 1.165) is 22.6 Å². The first kappa shape index (κ1) is 16.8. The van der Waals surface area contributed by atoms with Crippen LogP contribution < -0.4 is 10.2 Å². The zero-order valence-corrected chi connectivity index (χ0v) is 15.2. The van der Waals surface area contributed by atoms with Crippen LogP contribution >= 0.6 is 0 Å². The van der Waals surface area contributed by atoms with Crippen molar-refractivity contribution in [1.82, 2.24) is 4.90 Å². The van der Waals surface area contributed by atoms with Crippen molar-refractivity contribution in [2.24, 2.45) is 23.7 Å². The third kappa shape index (κ3) is 2.52. The molecule has 6 heteroatoms. The van der Waals surface area contributed by atoms with Crippen LogP contribution in [0.1, 0.15) is 12.0 Å². The van der Waals surface area contributed by atoms with Crippen LogP contribution in [0.25, 0.3) is 0 Å². The number of likely N-dealkylation sites (tertiary alicyclic amines) is 1. The molecule has 3 amide bonds. The van der Waals surface area contributed by atoms with Gasteiger partial charge < -0.3 is 10.2 Å². The van der Waals surface area contributed by atoms with Crippen molar-refractivity contribution in [1.29, 1.82) is 0 Å². The Morgan fingerprint density at radius 1 is 1.15 bits per heavy atom. The van der Waals surface area contributed by atoms with Crippen molar-refractivity contribution < 1.29 is 14.4 Å². The van der Waals surface area contributed by atoms with Crippen molar-refractivity contribution in [3.05, 3.63) is 35.9 Å². The van der Waals surface area contributed by atoms with Gasteiger partial charge in [-0.1, -0.05) is 12.2 Å². The van der Waals surface area contributed by atoms with Gasteiger partial charge in [-0.3, -0.25) is 19.3 Å². The van der Waals surface area contributed by atoms with Gasteiger partial charge in [0.25, 0.3) is 0 Å².